The van der Waals surface area contributed by atoms with Gasteiger partial charge in [0, 0.05) is 0 Å². The van der Waals surface area contributed by atoms with Gasteiger partial charge in [-0.25, -0.2) is 0 Å². The Morgan fingerprint density at radius 3 is 1.21 bits per heavy atom. The number of fused-ring (bicyclic) bond motifs is 10. The van der Waals surface area contributed by atoms with E-state index in [-0.39, 0.29) is 0 Å². The van der Waals surface area contributed by atoms with Gasteiger partial charge in [0.1, 0.15) is 0 Å². The van der Waals surface area contributed by atoms with Crippen LogP contribution >= 0.6 is 0 Å². The summed E-state index contributed by atoms with van der Waals surface area (Å²) in [6.45, 7) is 0. The van der Waals surface area contributed by atoms with Crippen molar-refractivity contribution < 1.29 is 0 Å². The monoisotopic (exact) mass is 656 g/mol. The van der Waals surface area contributed by atoms with Gasteiger partial charge in [0.25, 0.3) is 0 Å². The molecular formula is C52H32. The van der Waals surface area contributed by atoms with E-state index in [0.29, 0.717) is 0 Å². The van der Waals surface area contributed by atoms with Crippen molar-refractivity contribution in [1.29, 1.82) is 0 Å². The van der Waals surface area contributed by atoms with Crippen LogP contribution < -0.4 is 0 Å². The summed E-state index contributed by atoms with van der Waals surface area (Å²) in [7, 11) is 0. The Hall–Kier alpha value is -6.76. The second kappa shape index (κ2) is 11.4. The van der Waals surface area contributed by atoms with Crippen LogP contribution in [0.2, 0.25) is 0 Å². The van der Waals surface area contributed by atoms with Crippen molar-refractivity contribution in [2.24, 2.45) is 0 Å². The molecule has 0 aliphatic rings. The number of benzene rings is 11. The molecule has 0 N–H and O–H groups in total. The van der Waals surface area contributed by atoms with Gasteiger partial charge in [0.15, 0.2) is 0 Å². The third kappa shape index (κ3) is 4.28. The van der Waals surface area contributed by atoms with E-state index in [0.717, 1.165) is 0 Å². The molecule has 240 valence electrons. The molecule has 0 nitrogen and oxygen atoms in total. The molecule has 0 aliphatic heterocycles. The minimum Gasteiger partial charge on any atom is -0.0616 e. The van der Waals surface area contributed by atoms with E-state index in [1.165, 1.54) is 109 Å². The van der Waals surface area contributed by atoms with Crippen LogP contribution in [0.15, 0.2) is 194 Å². The molecule has 0 amide bonds. The lowest BCUT2D eigenvalue weighted by molar-refractivity contribution is 1.66. The van der Waals surface area contributed by atoms with Gasteiger partial charge in [-0.15, -0.1) is 0 Å². The Bertz CT molecular complexity index is 3190. The molecular weight excluding hydrogens is 625 g/mol. The maximum absolute atomic E-state index is 2.45. The van der Waals surface area contributed by atoms with Crippen LogP contribution in [-0.4, -0.2) is 0 Å². The highest BCUT2D eigenvalue weighted by Gasteiger charge is 2.20. The van der Waals surface area contributed by atoms with Crippen LogP contribution in [0.1, 0.15) is 0 Å². The standard InChI is InChI=1S/C52H32/c1-3-17-37-33(13-1)15-11-25-39(37)35-27-30-48-50(31-35)51(46-23-9-10-24-47(46)52(48)45-26-12-16-34-14-2-4-18-38(34)45)36-28-29-44-42-21-6-5-19-40(42)41-20-7-8-22-43(41)49(44)32-36/h1-32H. The SMILES string of the molecule is c1ccc2c(-c3ccc4c(-c5cccc6ccccc56)c5ccccc5c(-c5ccc6c7ccccc7c7ccccc7c6c5)c4c3)cccc2c1. The van der Waals surface area contributed by atoms with Crippen LogP contribution in [0.4, 0.5) is 0 Å². The van der Waals surface area contributed by atoms with Crippen LogP contribution in [0, 0.1) is 0 Å². The normalized spacial score (nSPS) is 11.8. The zero-order chi connectivity index (χ0) is 34.2. The van der Waals surface area contributed by atoms with Gasteiger partial charge in [-0.05, 0) is 121 Å². The lowest BCUT2D eigenvalue weighted by Gasteiger charge is -2.20. The van der Waals surface area contributed by atoms with Crippen LogP contribution in [0.5, 0.6) is 0 Å². The average molecular weight is 657 g/mol. The van der Waals surface area contributed by atoms with E-state index in [4.69, 9.17) is 0 Å². The van der Waals surface area contributed by atoms with Gasteiger partial charge in [-0.3, -0.25) is 0 Å². The summed E-state index contributed by atoms with van der Waals surface area (Å²) < 4.78 is 0. The van der Waals surface area contributed by atoms with Crippen LogP contribution in [-0.2, 0) is 0 Å². The molecule has 0 aliphatic carbocycles. The first-order valence-electron chi connectivity index (χ1n) is 18.1. The lowest BCUT2D eigenvalue weighted by Crippen LogP contribution is -1.93. The minimum atomic E-state index is 1.22. The van der Waals surface area contributed by atoms with E-state index in [9.17, 15) is 0 Å². The quantitative estimate of drug-likeness (QED) is 0.131. The van der Waals surface area contributed by atoms with Gasteiger partial charge >= 0.3 is 0 Å². The molecule has 0 bridgehead atoms. The highest BCUT2D eigenvalue weighted by atomic mass is 14.2. The molecule has 0 aromatic heterocycles. The fourth-order valence-corrected chi connectivity index (χ4v) is 8.93. The largest absolute Gasteiger partial charge is 0.0616 e. The zero-order valence-electron chi connectivity index (χ0n) is 28.5. The van der Waals surface area contributed by atoms with Crippen LogP contribution in [0.25, 0.3) is 109 Å². The summed E-state index contributed by atoms with van der Waals surface area (Å²) in [5, 5.41) is 17.8. The van der Waals surface area contributed by atoms with Gasteiger partial charge in [0.2, 0.25) is 0 Å². The van der Waals surface area contributed by atoms with E-state index >= 15 is 0 Å². The topological polar surface area (TPSA) is 0 Å². The first kappa shape index (κ1) is 29.0. The zero-order valence-corrected chi connectivity index (χ0v) is 28.5. The molecule has 52 heavy (non-hydrogen) atoms. The third-order valence-corrected chi connectivity index (χ3v) is 11.2. The molecule has 0 unspecified atom stereocenters. The number of hydrogen-bond acceptors (Lipinski definition) is 0. The molecule has 0 fully saturated rings. The molecule has 0 heterocycles. The summed E-state index contributed by atoms with van der Waals surface area (Å²) in [6, 6.07) is 72.0. The smallest absolute Gasteiger partial charge is 0.00201 e. The summed E-state index contributed by atoms with van der Waals surface area (Å²) in [5.74, 6) is 0. The minimum absolute atomic E-state index is 1.22. The first-order chi connectivity index (χ1) is 25.8. The second-order valence-corrected chi connectivity index (χ2v) is 14.0. The summed E-state index contributed by atoms with van der Waals surface area (Å²) >= 11 is 0. The molecule has 0 spiro atoms. The van der Waals surface area contributed by atoms with E-state index in [2.05, 4.69) is 194 Å². The molecule has 0 heteroatoms. The Morgan fingerprint density at radius 2 is 0.577 bits per heavy atom. The highest BCUT2D eigenvalue weighted by Crippen LogP contribution is 2.48. The highest BCUT2D eigenvalue weighted by molar-refractivity contribution is 6.28. The summed E-state index contributed by atoms with van der Waals surface area (Å²) in [6.07, 6.45) is 0. The van der Waals surface area contributed by atoms with Gasteiger partial charge < -0.3 is 0 Å². The molecule has 0 radical (unpaired) electrons. The molecule has 0 atom stereocenters. The van der Waals surface area contributed by atoms with Crippen molar-refractivity contribution in [3.63, 3.8) is 0 Å². The summed E-state index contributed by atoms with van der Waals surface area (Å²) in [5.41, 5.74) is 7.53. The predicted molar refractivity (Wildman–Crippen MR) is 225 cm³/mol. The predicted octanol–water partition coefficient (Wildman–Crippen LogP) is 14.8. The third-order valence-electron chi connectivity index (χ3n) is 11.2. The lowest BCUT2D eigenvalue weighted by atomic mass is 9.83. The molecule has 11 aromatic carbocycles. The number of rotatable bonds is 3. The number of hydrogen-bond donors (Lipinski definition) is 0. The average Bonchev–Trinajstić information content (AvgIpc) is 3.22. The van der Waals surface area contributed by atoms with Crippen molar-refractivity contribution in [3.05, 3.63) is 194 Å². The van der Waals surface area contributed by atoms with E-state index < -0.39 is 0 Å². The van der Waals surface area contributed by atoms with Crippen molar-refractivity contribution >= 4 is 75.4 Å². The Labute approximate surface area is 301 Å². The maximum Gasteiger partial charge on any atom is -0.00201 e. The van der Waals surface area contributed by atoms with Crippen molar-refractivity contribution in [3.8, 4) is 33.4 Å². The van der Waals surface area contributed by atoms with Crippen molar-refractivity contribution in [2.75, 3.05) is 0 Å². The molecule has 11 rings (SSSR count). The second-order valence-electron chi connectivity index (χ2n) is 14.0. The van der Waals surface area contributed by atoms with Gasteiger partial charge in [-0.2, -0.15) is 0 Å². The summed E-state index contributed by atoms with van der Waals surface area (Å²) in [4.78, 5) is 0. The van der Waals surface area contributed by atoms with Gasteiger partial charge in [0.05, 0.1) is 0 Å². The maximum atomic E-state index is 2.45. The molecule has 0 saturated heterocycles. The molecule has 0 saturated carbocycles. The van der Waals surface area contributed by atoms with Gasteiger partial charge in [-0.1, -0.05) is 182 Å². The van der Waals surface area contributed by atoms with Crippen molar-refractivity contribution in [1.82, 2.24) is 0 Å². The first-order valence-corrected chi connectivity index (χ1v) is 18.1. The van der Waals surface area contributed by atoms with Crippen molar-refractivity contribution in [2.45, 2.75) is 0 Å². The Kier molecular flexibility index (Phi) is 6.35. The molecule has 11 aromatic rings. The fraction of sp³-hybridized carbons (Fsp3) is 0. The Balaban J connectivity index is 1.30. The Morgan fingerprint density at radius 1 is 0.192 bits per heavy atom. The van der Waals surface area contributed by atoms with Crippen LogP contribution in [0.3, 0.4) is 0 Å². The fourth-order valence-electron chi connectivity index (χ4n) is 8.93. The van der Waals surface area contributed by atoms with E-state index in [1.807, 2.05) is 0 Å². The van der Waals surface area contributed by atoms with E-state index in [1.54, 1.807) is 0 Å².